The second kappa shape index (κ2) is 4.68. The highest BCUT2D eigenvalue weighted by Crippen LogP contribution is 2.58. The van der Waals surface area contributed by atoms with Crippen LogP contribution in [0.3, 0.4) is 0 Å². The molecule has 1 N–H and O–H groups in total. The Morgan fingerprint density at radius 2 is 2.06 bits per heavy atom. The Kier molecular flexibility index (Phi) is 3.86. The number of hydrogen-bond donors (Lipinski definition) is 1. The fourth-order valence-electron chi connectivity index (χ4n) is 1.95. The summed E-state index contributed by atoms with van der Waals surface area (Å²) < 4.78 is 39.5. The molecular formula is C11H15F3O3. The van der Waals surface area contributed by atoms with Crippen molar-refractivity contribution in [2.75, 3.05) is 13.2 Å². The van der Waals surface area contributed by atoms with Crippen molar-refractivity contribution in [3.8, 4) is 0 Å². The molecule has 17 heavy (non-hydrogen) atoms. The fraction of sp³-hybridized carbons (Fsp3) is 0.727. The monoisotopic (exact) mass is 252 g/mol. The Labute approximate surface area is 97.3 Å². The first kappa shape index (κ1) is 14.0. The van der Waals surface area contributed by atoms with Gasteiger partial charge in [0.15, 0.2) is 0 Å². The SMILES string of the molecule is CC1(C)C(/C=C\COCC(F)(F)F)C1C(=O)O. The lowest BCUT2D eigenvalue weighted by molar-refractivity contribution is -0.171. The van der Waals surface area contributed by atoms with Crippen molar-refractivity contribution in [1.82, 2.24) is 0 Å². The third-order valence-corrected chi connectivity index (χ3v) is 3.00. The van der Waals surface area contributed by atoms with Gasteiger partial charge in [0.2, 0.25) is 0 Å². The van der Waals surface area contributed by atoms with Crippen molar-refractivity contribution in [1.29, 1.82) is 0 Å². The molecule has 0 spiro atoms. The zero-order valence-corrected chi connectivity index (χ0v) is 9.62. The van der Waals surface area contributed by atoms with Crippen LogP contribution in [0.4, 0.5) is 13.2 Å². The molecular weight excluding hydrogens is 237 g/mol. The Balaban J connectivity index is 2.30. The van der Waals surface area contributed by atoms with Crippen LogP contribution >= 0.6 is 0 Å². The maximum atomic E-state index is 11.7. The molecule has 1 saturated carbocycles. The molecule has 0 amide bonds. The number of hydrogen-bond acceptors (Lipinski definition) is 2. The van der Waals surface area contributed by atoms with Gasteiger partial charge in [-0.15, -0.1) is 0 Å². The highest BCUT2D eigenvalue weighted by atomic mass is 19.4. The van der Waals surface area contributed by atoms with Gasteiger partial charge < -0.3 is 9.84 Å². The van der Waals surface area contributed by atoms with Gasteiger partial charge in [-0.05, 0) is 11.3 Å². The number of carboxylic acids is 1. The molecule has 1 aliphatic carbocycles. The molecule has 2 atom stereocenters. The molecule has 0 radical (unpaired) electrons. The van der Waals surface area contributed by atoms with Crippen molar-refractivity contribution < 1.29 is 27.8 Å². The molecule has 1 fully saturated rings. The average Bonchev–Trinajstić information content (AvgIpc) is 2.65. The summed E-state index contributed by atoms with van der Waals surface area (Å²) in [7, 11) is 0. The van der Waals surface area contributed by atoms with E-state index in [0.29, 0.717) is 0 Å². The summed E-state index contributed by atoms with van der Waals surface area (Å²) in [4.78, 5) is 10.8. The van der Waals surface area contributed by atoms with Crippen LogP contribution in [0.2, 0.25) is 0 Å². The summed E-state index contributed by atoms with van der Waals surface area (Å²) >= 11 is 0. The highest BCUT2D eigenvalue weighted by Gasteiger charge is 2.60. The Hall–Kier alpha value is -1.04. The van der Waals surface area contributed by atoms with E-state index >= 15 is 0 Å². The molecule has 3 nitrogen and oxygen atoms in total. The maximum absolute atomic E-state index is 11.7. The Morgan fingerprint density at radius 1 is 1.47 bits per heavy atom. The Bertz CT molecular complexity index is 320. The van der Waals surface area contributed by atoms with Crippen LogP contribution in [0.1, 0.15) is 13.8 Å². The van der Waals surface area contributed by atoms with Crippen molar-refractivity contribution in [2.45, 2.75) is 20.0 Å². The molecule has 6 heteroatoms. The van der Waals surface area contributed by atoms with E-state index in [1.165, 1.54) is 6.08 Å². The minimum absolute atomic E-state index is 0.130. The number of allylic oxidation sites excluding steroid dienone is 1. The summed E-state index contributed by atoms with van der Waals surface area (Å²) in [5.41, 5.74) is -0.327. The van der Waals surface area contributed by atoms with E-state index in [4.69, 9.17) is 5.11 Å². The molecule has 1 rings (SSSR count). The van der Waals surface area contributed by atoms with Crippen LogP contribution in [-0.4, -0.2) is 30.5 Å². The number of carboxylic acid groups (broad SMARTS) is 1. The number of rotatable bonds is 5. The lowest BCUT2D eigenvalue weighted by Gasteiger charge is -2.04. The Morgan fingerprint density at radius 3 is 2.47 bits per heavy atom. The van der Waals surface area contributed by atoms with Gasteiger partial charge in [-0.1, -0.05) is 26.0 Å². The first-order valence-electron chi connectivity index (χ1n) is 5.20. The quantitative estimate of drug-likeness (QED) is 0.604. The van der Waals surface area contributed by atoms with Gasteiger partial charge in [0, 0.05) is 0 Å². The fourth-order valence-corrected chi connectivity index (χ4v) is 1.95. The molecule has 2 unspecified atom stereocenters. The second-order valence-corrected chi connectivity index (χ2v) is 4.72. The summed E-state index contributed by atoms with van der Waals surface area (Å²) in [6.07, 6.45) is -1.26. The summed E-state index contributed by atoms with van der Waals surface area (Å²) in [6, 6.07) is 0. The zero-order valence-electron chi connectivity index (χ0n) is 9.62. The van der Waals surface area contributed by atoms with E-state index in [1.54, 1.807) is 6.08 Å². The molecule has 98 valence electrons. The van der Waals surface area contributed by atoms with E-state index in [0.717, 1.165) is 0 Å². The lowest BCUT2D eigenvalue weighted by atomic mass is 10.1. The smallest absolute Gasteiger partial charge is 0.411 e. The normalized spacial score (nSPS) is 27.4. The van der Waals surface area contributed by atoms with Crippen molar-refractivity contribution >= 4 is 5.97 Å². The predicted molar refractivity (Wildman–Crippen MR) is 54.4 cm³/mol. The lowest BCUT2D eigenvalue weighted by Crippen LogP contribution is -2.16. The van der Waals surface area contributed by atoms with Gasteiger partial charge in [-0.25, -0.2) is 0 Å². The number of carbonyl (C=O) groups is 1. The van der Waals surface area contributed by atoms with E-state index in [9.17, 15) is 18.0 Å². The van der Waals surface area contributed by atoms with Crippen molar-refractivity contribution in [3.05, 3.63) is 12.2 Å². The topological polar surface area (TPSA) is 46.5 Å². The van der Waals surface area contributed by atoms with Gasteiger partial charge in [0.05, 0.1) is 12.5 Å². The first-order chi connectivity index (χ1) is 7.66. The van der Waals surface area contributed by atoms with Gasteiger partial charge in [-0.2, -0.15) is 13.2 Å². The minimum atomic E-state index is -4.32. The van der Waals surface area contributed by atoms with E-state index in [1.807, 2.05) is 13.8 Å². The summed E-state index contributed by atoms with van der Waals surface area (Å²) in [5, 5.41) is 8.85. The van der Waals surface area contributed by atoms with Crippen LogP contribution in [0, 0.1) is 17.3 Å². The zero-order chi connectivity index (χ0) is 13.3. The van der Waals surface area contributed by atoms with Crippen LogP contribution in [0.25, 0.3) is 0 Å². The van der Waals surface area contributed by atoms with Crippen LogP contribution in [0.15, 0.2) is 12.2 Å². The second-order valence-electron chi connectivity index (χ2n) is 4.72. The molecule has 0 heterocycles. The molecule has 1 aliphatic rings. The summed E-state index contributed by atoms with van der Waals surface area (Å²) in [5.74, 6) is -1.46. The molecule has 0 aromatic carbocycles. The number of alkyl halides is 3. The molecule has 0 aromatic heterocycles. The van der Waals surface area contributed by atoms with Gasteiger partial charge in [0.25, 0.3) is 0 Å². The average molecular weight is 252 g/mol. The molecule has 0 aliphatic heterocycles. The number of aliphatic carboxylic acids is 1. The minimum Gasteiger partial charge on any atom is -0.481 e. The third-order valence-electron chi connectivity index (χ3n) is 3.00. The standard InChI is InChI=1S/C11H15F3O3/c1-10(2)7(8(10)9(15)16)4-3-5-17-6-11(12,13)14/h3-4,7-8H,5-6H2,1-2H3,(H,15,16)/b4-3-. The van der Waals surface area contributed by atoms with Gasteiger partial charge >= 0.3 is 12.1 Å². The third kappa shape index (κ3) is 3.73. The molecule has 0 bridgehead atoms. The van der Waals surface area contributed by atoms with E-state index < -0.39 is 24.7 Å². The summed E-state index contributed by atoms with van der Waals surface area (Å²) in [6.45, 7) is 2.20. The first-order valence-corrected chi connectivity index (χ1v) is 5.20. The number of ether oxygens (including phenoxy) is 1. The van der Waals surface area contributed by atoms with E-state index in [-0.39, 0.29) is 17.9 Å². The van der Waals surface area contributed by atoms with Gasteiger partial charge in [-0.3, -0.25) is 4.79 Å². The molecule has 0 saturated heterocycles. The van der Waals surface area contributed by atoms with Crippen molar-refractivity contribution in [3.63, 3.8) is 0 Å². The van der Waals surface area contributed by atoms with Crippen LogP contribution in [-0.2, 0) is 9.53 Å². The highest BCUT2D eigenvalue weighted by molar-refractivity contribution is 5.76. The van der Waals surface area contributed by atoms with Gasteiger partial charge in [0.1, 0.15) is 6.61 Å². The predicted octanol–water partition coefficient (Wildman–Crippen LogP) is 2.48. The van der Waals surface area contributed by atoms with Crippen LogP contribution in [0.5, 0.6) is 0 Å². The van der Waals surface area contributed by atoms with Crippen molar-refractivity contribution in [2.24, 2.45) is 17.3 Å². The van der Waals surface area contributed by atoms with Crippen LogP contribution < -0.4 is 0 Å². The van der Waals surface area contributed by atoms with E-state index in [2.05, 4.69) is 4.74 Å². The number of halogens is 3. The maximum Gasteiger partial charge on any atom is 0.411 e. The molecule has 0 aromatic rings. The largest absolute Gasteiger partial charge is 0.481 e.